The van der Waals surface area contributed by atoms with Crippen molar-refractivity contribution >= 4 is 0 Å². The van der Waals surface area contributed by atoms with E-state index in [9.17, 15) is 4.39 Å². The fourth-order valence-corrected chi connectivity index (χ4v) is 3.42. The molecule has 1 fully saturated rings. The first kappa shape index (κ1) is 16.4. The average Bonchev–Trinajstić information content (AvgIpc) is 2.50. The van der Waals surface area contributed by atoms with Gasteiger partial charge in [0.05, 0.1) is 0 Å². The normalized spacial score (nSPS) is 22.4. The molecule has 2 rings (SSSR count). The quantitative estimate of drug-likeness (QED) is 0.495. The van der Waals surface area contributed by atoms with E-state index < -0.39 is 0 Å². The monoisotopic (exact) mass is 292 g/mol. The molecule has 1 aromatic rings. The molecule has 0 unspecified atom stereocenters. The smallest absolute Gasteiger partial charge is 0.219 e. The molecule has 0 N–H and O–H groups in total. The summed E-state index contributed by atoms with van der Waals surface area (Å²) in [7, 11) is 0. The lowest BCUT2D eigenvalue weighted by molar-refractivity contribution is 0.295. The molecule has 2 nitrogen and oxygen atoms in total. The molecule has 0 aliphatic heterocycles. The van der Waals surface area contributed by atoms with Crippen LogP contribution >= 0.6 is 0 Å². The van der Waals surface area contributed by atoms with Gasteiger partial charge < -0.3 is 0 Å². The molecule has 3 heteroatoms. The molecule has 0 amide bonds. The van der Waals surface area contributed by atoms with Crippen LogP contribution in [0.1, 0.15) is 88.9 Å². The number of nitrogens with zero attached hydrogens (tertiary/aromatic N) is 2. The van der Waals surface area contributed by atoms with E-state index in [4.69, 9.17) is 0 Å². The largest absolute Gasteiger partial charge is 0.241 e. The predicted molar refractivity (Wildman–Crippen MR) is 84.8 cm³/mol. The van der Waals surface area contributed by atoms with Crippen LogP contribution in [0, 0.1) is 11.9 Å². The van der Waals surface area contributed by atoms with Gasteiger partial charge in [-0.05, 0) is 38.0 Å². The first-order valence-corrected chi connectivity index (χ1v) is 8.75. The van der Waals surface area contributed by atoms with Crippen LogP contribution < -0.4 is 0 Å². The summed E-state index contributed by atoms with van der Waals surface area (Å²) in [5.74, 6) is 1.68. The molecule has 1 aromatic heterocycles. The highest BCUT2D eigenvalue weighted by Crippen LogP contribution is 2.36. The third kappa shape index (κ3) is 4.76. The zero-order chi connectivity index (χ0) is 15.1. The Labute approximate surface area is 128 Å². The fraction of sp³-hybridized carbons (Fsp3) is 0.778. The average molecular weight is 292 g/mol. The Balaban J connectivity index is 1.85. The fourth-order valence-electron chi connectivity index (χ4n) is 3.42. The molecule has 1 aliphatic carbocycles. The highest BCUT2D eigenvalue weighted by atomic mass is 19.1. The van der Waals surface area contributed by atoms with Gasteiger partial charge in [-0.3, -0.25) is 0 Å². The van der Waals surface area contributed by atoms with Crippen molar-refractivity contribution in [3.63, 3.8) is 0 Å². The summed E-state index contributed by atoms with van der Waals surface area (Å²) in [6, 6.07) is 0. The van der Waals surface area contributed by atoms with Gasteiger partial charge in [0.1, 0.15) is 5.82 Å². The number of aromatic nitrogens is 2. The van der Waals surface area contributed by atoms with Crippen LogP contribution in [0.4, 0.5) is 4.39 Å². The van der Waals surface area contributed by atoms with Crippen LogP contribution in [0.25, 0.3) is 0 Å². The van der Waals surface area contributed by atoms with Crippen LogP contribution in [0.3, 0.4) is 0 Å². The van der Waals surface area contributed by atoms with Gasteiger partial charge in [0.15, 0.2) is 0 Å². The van der Waals surface area contributed by atoms with Crippen molar-refractivity contribution < 1.29 is 4.39 Å². The summed E-state index contributed by atoms with van der Waals surface area (Å²) in [5, 5.41) is 0. The molecule has 0 atom stereocenters. The number of hydrogen-bond donors (Lipinski definition) is 0. The Kier molecular flexibility index (Phi) is 6.59. The van der Waals surface area contributed by atoms with Gasteiger partial charge >= 0.3 is 0 Å². The van der Waals surface area contributed by atoms with Crippen molar-refractivity contribution in [3.8, 4) is 0 Å². The minimum Gasteiger partial charge on any atom is -0.241 e. The molecule has 118 valence electrons. The van der Waals surface area contributed by atoms with Crippen molar-refractivity contribution in [2.75, 3.05) is 0 Å². The minimum absolute atomic E-state index is 0.299. The Morgan fingerprint density at radius 3 is 2.48 bits per heavy atom. The van der Waals surface area contributed by atoms with E-state index in [2.05, 4.69) is 16.9 Å². The highest BCUT2D eigenvalue weighted by Gasteiger charge is 2.24. The predicted octanol–water partition coefficient (Wildman–Crippen LogP) is 5.42. The Morgan fingerprint density at radius 1 is 1.10 bits per heavy atom. The van der Waals surface area contributed by atoms with Crippen molar-refractivity contribution in [2.45, 2.75) is 84.0 Å². The number of rotatable bonds is 7. The number of aryl methyl sites for hydroxylation is 1. The molecule has 0 saturated heterocycles. The molecule has 21 heavy (non-hydrogen) atoms. The van der Waals surface area contributed by atoms with Crippen LogP contribution in [-0.4, -0.2) is 9.97 Å². The maximum absolute atomic E-state index is 13.9. The van der Waals surface area contributed by atoms with Crippen molar-refractivity contribution in [2.24, 2.45) is 5.92 Å². The summed E-state index contributed by atoms with van der Waals surface area (Å²) in [6.45, 7) is 4.30. The number of unbranched alkanes of at least 4 members (excludes halogenated alkanes) is 2. The summed E-state index contributed by atoms with van der Waals surface area (Å²) in [5.41, 5.74) is 0.662. The Bertz CT molecular complexity index is 425. The summed E-state index contributed by atoms with van der Waals surface area (Å²) in [4.78, 5) is 8.57. The second kappa shape index (κ2) is 8.45. The zero-order valence-corrected chi connectivity index (χ0v) is 13.6. The van der Waals surface area contributed by atoms with Gasteiger partial charge in [0.25, 0.3) is 0 Å². The van der Waals surface area contributed by atoms with Gasteiger partial charge in [-0.15, -0.1) is 0 Å². The van der Waals surface area contributed by atoms with E-state index >= 15 is 0 Å². The third-order valence-electron chi connectivity index (χ3n) is 4.78. The molecule has 1 heterocycles. The molecule has 0 spiro atoms. The van der Waals surface area contributed by atoms with Crippen molar-refractivity contribution in [1.29, 1.82) is 0 Å². The van der Waals surface area contributed by atoms with Crippen LogP contribution in [0.15, 0.2) is 6.20 Å². The lowest BCUT2D eigenvalue weighted by Crippen LogP contribution is -2.16. The van der Waals surface area contributed by atoms with Gasteiger partial charge in [0, 0.05) is 17.7 Å². The molecular formula is C18H29FN2. The van der Waals surface area contributed by atoms with Crippen molar-refractivity contribution in [1.82, 2.24) is 9.97 Å². The van der Waals surface area contributed by atoms with Gasteiger partial charge in [-0.25, -0.2) is 9.97 Å². The lowest BCUT2D eigenvalue weighted by Gasteiger charge is -2.27. The molecular weight excluding hydrogens is 263 g/mol. The number of halogens is 1. The second-order valence-corrected chi connectivity index (χ2v) is 6.51. The van der Waals surface area contributed by atoms with Crippen LogP contribution in [0.2, 0.25) is 0 Å². The van der Waals surface area contributed by atoms with E-state index in [-0.39, 0.29) is 5.95 Å². The van der Waals surface area contributed by atoms with E-state index in [1.54, 1.807) is 6.20 Å². The standard InChI is InChI=1S/C18H29FN2/c1-3-5-6-8-14-9-11-15(12-10-14)18-20-13-16(7-4-2)17(19)21-18/h13-15H,3-12H2,1-2H3/t14-,15-. The molecule has 0 radical (unpaired) electrons. The molecule has 0 aromatic carbocycles. The first-order chi connectivity index (χ1) is 10.2. The lowest BCUT2D eigenvalue weighted by atomic mass is 9.79. The summed E-state index contributed by atoms with van der Waals surface area (Å²) >= 11 is 0. The zero-order valence-electron chi connectivity index (χ0n) is 13.6. The minimum atomic E-state index is -0.299. The van der Waals surface area contributed by atoms with E-state index in [0.717, 1.165) is 37.4 Å². The van der Waals surface area contributed by atoms with Gasteiger partial charge in [-0.2, -0.15) is 4.39 Å². The van der Waals surface area contributed by atoms with Gasteiger partial charge in [-0.1, -0.05) is 46.0 Å². The van der Waals surface area contributed by atoms with E-state index in [1.165, 1.54) is 38.5 Å². The van der Waals surface area contributed by atoms with E-state index in [1.807, 2.05) is 6.92 Å². The third-order valence-corrected chi connectivity index (χ3v) is 4.78. The summed E-state index contributed by atoms with van der Waals surface area (Å²) < 4.78 is 13.9. The topological polar surface area (TPSA) is 25.8 Å². The second-order valence-electron chi connectivity index (χ2n) is 6.51. The van der Waals surface area contributed by atoms with Gasteiger partial charge in [0.2, 0.25) is 5.95 Å². The first-order valence-electron chi connectivity index (χ1n) is 8.75. The SMILES string of the molecule is CCCCC[C@H]1CC[C@H](c2ncc(CCC)c(F)n2)CC1. The molecule has 0 bridgehead atoms. The van der Waals surface area contributed by atoms with Crippen molar-refractivity contribution in [3.05, 3.63) is 23.5 Å². The van der Waals surface area contributed by atoms with E-state index in [0.29, 0.717) is 11.5 Å². The number of hydrogen-bond acceptors (Lipinski definition) is 2. The van der Waals surface area contributed by atoms with Crippen LogP contribution in [0.5, 0.6) is 0 Å². The Hall–Kier alpha value is -0.990. The summed E-state index contributed by atoms with van der Waals surface area (Å²) in [6.07, 6.45) is 13.5. The maximum Gasteiger partial charge on any atom is 0.219 e. The highest BCUT2D eigenvalue weighted by molar-refractivity contribution is 5.10. The molecule has 1 saturated carbocycles. The maximum atomic E-state index is 13.9. The van der Waals surface area contributed by atoms with Crippen LogP contribution in [-0.2, 0) is 6.42 Å². The Morgan fingerprint density at radius 2 is 1.86 bits per heavy atom. The molecule has 1 aliphatic rings.